The van der Waals surface area contributed by atoms with Gasteiger partial charge in [0.25, 0.3) is 6.02 Å². The highest BCUT2D eigenvalue weighted by Gasteiger charge is 2.26. The fourth-order valence-corrected chi connectivity index (χ4v) is 2.13. The molecule has 1 fully saturated rings. The number of aliphatic imine (C=N–C) groups is 1. The summed E-state index contributed by atoms with van der Waals surface area (Å²) in [6.45, 7) is 3.99. The van der Waals surface area contributed by atoms with Crippen molar-refractivity contribution in [2.24, 2.45) is 4.99 Å². The van der Waals surface area contributed by atoms with Crippen LogP contribution in [0.1, 0.15) is 11.7 Å². The molecule has 90 valence electrons. The van der Waals surface area contributed by atoms with Gasteiger partial charge < -0.3 is 14.4 Å². The van der Waals surface area contributed by atoms with E-state index in [1.165, 1.54) is 5.56 Å². The van der Waals surface area contributed by atoms with Crippen molar-refractivity contribution in [2.45, 2.75) is 6.10 Å². The molecule has 1 aromatic carbocycles. The van der Waals surface area contributed by atoms with Crippen LogP contribution >= 0.6 is 0 Å². The number of hydrogen-bond acceptors (Lipinski definition) is 4. The highest BCUT2D eigenvalue weighted by molar-refractivity contribution is 5.75. The predicted molar refractivity (Wildman–Crippen MR) is 65.0 cm³/mol. The molecule has 0 bridgehead atoms. The predicted octanol–water partition coefficient (Wildman–Crippen LogP) is 1.45. The Morgan fingerprint density at radius 2 is 1.88 bits per heavy atom. The minimum Gasteiger partial charge on any atom is -0.455 e. The lowest BCUT2D eigenvalue weighted by molar-refractivity contribution is 0.0530. The van der Waals surface area contributed by atoms with Crippen LogP contribution in [0.4, 0.5) is 0 Å². The summed E-state index contributed by atoms with van der Waals surface area (Å²) in [4.78, 5) is 6.64. The van der Waals surface area contributed by atoms with E-state index in [2.05, 4.69) is 22.0 Å². The maximum Gasteiger partial charge on any atom is 0.288 e. The van der Waals surface area contributed by atoms with Crippen LogP contribution in [0, 0.1) is 0 Å². The van der Waals surface area contributed by atoms with E-state index in [0.29, 0.717) is 0 Å². The summed E-state index contributed by atoms with van der Waals surface area (Å²) in [5, 5.41) is 0. The topological polar surface area (TPSA) is 34.1 Å². The van der Waals surface area contributed by atoms with Crippen LogP contribution in [-0.4, -0.2) is 43.8 Å². The van der Waals surface area contributed by atoms with Crippen molar-refractivity contribution in [1.82, 2.24) is 4.90 Å². The number of amidine groups is 1. The average Bonchev–Trinajstić information content (AvgIpc) is 2.90. The second-order valence-corrected chi connectivity index (χ2v) is 4.24. The maximum atomic E-state index is 5.91. The van der Waals surface area contributed by atoms with Gasteiger partial charge in [-0.25, -0.2) is 4.99 Å². The molecule has 1 aromatic rings. The zero-order chi connectivity index (χ0) is 11.5. The zero-order valence-electron chi connectivity index (χ0n) is 9.71. The van der Waals surface area contributed by atoms with Gasteiger partial charge in [0.15, 0.2) is 0 Å². The minimum absolute atomic E-state index is 0.0778. The maximum absolute atomic E-state index is 5.91. The first-order valence-electron chi connectivity index (χ1n) is 6.02. The lowest BCUT2D eigenvalue weighted by atomic mass is 10.1. The molecule has 2 aliphatic heterocycles. The van der Waals surface area contributed by atoms with Crippen LogP contribution in [0.25, 0.3) is 0 Å². The van der Waals surface area contributed by atoms with Gasteiger partial charge in [0.1, 0.15) is 6.10 Å². The van der Waals surface area contributed by atoms with E-state index >= 15 is 0 Å². The number of hydrogen-bond donors (Lipinski definition) is 0. The van der Waals surface area contributed by atoms with E-state index in [-0.39, 0.29) is 6.10 Å². The Hall–Kier alpha value is -1.55. The lowest BCUT2D eigenvalue weighted by Gasteiger charge is -2.28. The summed E-state index contributed by atoms with van der Waals surface area (Å²) in [5.41, 5.74) is 1.19. The van der Waals surface area contributed by atoms with Crippen LogP contribution in [0.3, 0.4) is 0 Å². The second kappa shape index (κ2) is 4.75. The summed E-state index contributed by atoms with van der Waals surface area (Å²) in [6, 6.07) is 11.0. The fourth-order valence-electron chi connectivity index (χ4n) is 2.13. The number of nitrogens with zero attached hydrogens (tertiary/aromatic N) is 2. The van der Waals surface area contributed by atoms with E-state index in [4.69, 9.17) is 9.47 Å². The Morgan fingerprint density at radius 1 is 1.12 bits per heavy atom. The molecule has 0 amide bonds. The molecule has 17 heavy (non-hydrogen) atoms. The standard InChI is InChI=1S/C13H16N2O2/c1-2-4-11(5-3-1)12-10-14-13(17-12)15-6-8-16-9-7-15/h1-5,12H,6-10H2. The minimum atomic E-state index is 0.0778. The van der Waals surface area contributed by atoms with E-state index in [9.17, 15) is 0 Å². The molecule has 2 aliphatic rings. The molecule has 1 saturated heterocycles. The van der Waals surface area contributed by atoms with E-state index in [1.54, 1.807) is 0 Å². The molecule has 0 aromatic heterocycles. The second-order valence-electron chi connectivity index (χ2n) is 4.24. The third-order valence-electron chi connectivity index (χ3n) is 3.09. The molecule has 1 unspecified atom stereocenters. The zero-order valence-corrected chi connectivity index (χ0v) is 9.71. The number of benzene rings is 1. The largest absolute Gasteiger partial charge is 0.455 e. The molecule has 1 atom stereocenters. The average molecular weight is 232 g/mol. The first-order chi connectivity index (χ1) is 8.43. The summed E-state index contributed by atoms with van der Waals surface area (Å²) >= 11 is 0. The Morgan fingerprint density at radius 3 is 2.65 bits per heavy atom. The lowest BCUT2D eigenvalue weighted by Crippen LogP contribution is -2.41. The van der Waals surface area contributed by atoms with E-state index in [1.807, 2.05) is 18.2 Å². The smallest absolute Gasteiger partial charge is 0.288 e. The summed E-state index contributed by atoms with van der Waals surface area (Å²) in [7, 11) is 0. The van der Waals surface area contributed by atoms with Gasteiger partial charge in [0.05, 0.1) is 19.8 Å². The van der Waals surface area contributed by atoms with Crippen LogP contribution in [0.15, 0.2) is 35.3 Å². The quantitative estimate of drug-likeness (QED) is 0.735. The van der Waals surface area contributed by atoms with Crippen molar-refractivity contribution in [3.63, 3.8) is 0 Å². The molecular formula is C13H16N2O2. The number of ether oxygens (including phenoxy) is 2. The fraction of sp³-hybridized carbons (Fsp3) is 0.462. The molecule has 0 spiro atoms. The molecular weight excluding hydrogens is 216 g/mol. The normalized spacial score (nSPS) is 24.4. The molecule has 4 nitrogen and oxygen atoms in total. The van der Waals surface area contributed by atoms with Gasteiger partial charge in [-0.05, 0) is 5.56 Å². The Kier molecular flexibility index (Phi) is 2.96. The molecule has 0 saturated carbocycles. The molecule has 2 heterocycles. The van der Waals surface area contributed by atoms with Crippen LogP contribution in [-0.2, 0) is 9.47 Å². The first kappa shape index (κ1) is 10.6. The van der Waals surface area contributed by atoms with Crippen molar-refractivity contribution in [1.29, 1.82) is 0 Å². The third kappa shape index (κ3) is 2.26. The summed E-state index contributed by atoms with van der Waals surface area (Å²) in [5.74, 6) is 0. The van der Waals surface area contributed by atoms with Crippen molar-refractivity contribution in [3.05, 3.63) is 35.9 Å². The van der Waals surface area contributed by atoms with Crippen LogP contribution in [0.5, 0.6) is 0 Å². The van der Waals surface area contributed by atoms with E-state index < -0.39 is 0 Å². The van der Waals surface area contributed by atoms with Gasteiger partial charge >= 0.3 is 0 Å². The first-order valence-corrected chi connectivity index (χ1v) is 6.02. The Balaban J connectivity index is 1.64. The van der Waals surface area contributed by atoms with Crippen LogP contribution in [0.2, 0.25) is 0 Å². The highest BCUT2D eigenvalue weighted by Crippen LogP contribution is 2.23. The van der Waals surface area contributed by atoms with Crippen molar-refractivity contribution < 1.29 is 9.47 Å². The summed E-state index contributed by atoms with van der Waals surface area (Å²) in [6.07, 6.45) is 0.0778. The molecule has 0 radical (unpaired) electrons. The molecule has 3 rings (SSSR count). The van der Waals surface area contributed by atoms with Crippen LogP contribution < -0.4 is 0 Å². The number of rotatable bonds is 1. The van der Waals surface area contributed by atoms with Crippen molar-refractivity contribution in [3.8, 4) is 0 Å². The molecule has 0 N–H and O–H groups in total. The monoisotopic (exact) mass is 232 g/mol. The van der Waals surface area contributed by atoms with E-state index in [0.717, 1.165) is 38.9 Å². The molecule has 4 heteroatoms. The van der Waals surface area contributed by atoms with Gasteiger partial charge in [0, 0.05) is 13.1 Å². The van der Waals surface area contributed by atoms with Crippen molar-refractivity contribution in [2.75, 3.05) is 32.8 Å². The van der Waals surface area contributed by atoms with Gasteiger partial charge in [0.2, 0.25) is 0 Å². The van der Waals surface area contributed by atoms with Gasteiger partial charge in [-0.15, -0.1) is 0 Å². The SMILES string of the molecule is c1ccc(C2CN=C(N3CCOCC3)O2)cc1. The summed E-state index contributed by atoms with van der Waals surface area (Å²) < 4.78 is 11.2. The van der Waals surface area contributed by atoms with Gasteiger partial charge in [-0.3, -0.25) is 0 Å². The van der Waals surface area contributed by atoms with Gasteiger partial charge in [-0.1, -0.05) is 30.3 Å². The Labute approximate surface area is 101 Å². The number of morpholine rings is 1. The molecule has 0 aliphatic carbocycles. The van der Waals surface area contributed by atoms with Gasteiger partial charge in [-0.2, -0.15) is 0 Å². The highest BCUT2D eigenvalue weighted by atomic mass is 16.5. The Bertz CT molecular complexity index is 399. The third-order valence-corrected chi connectivity index (χ3v) is 3.09. The van der Waals surface area contributed by atoms with Crippen molar-refractivity contribution >= 4 is 6.02 Å².